The van der Waals surface area contributed by atoms with Crippen molar-refractivity contribution < 1.29 is 181 Å². The van der Waals surface area contributed by atoms with Crippen molar-refractivity contribution in [3.05, 3.63) is 0 Å². The van der Waals surface area contributed by atoms with Gasteiger partial charge in [-0.05, 0) is 0 Å². The quantitative estimate of drug-likeness (QED) is 0.0354. The molecule has 6 fully saturated rings. The molecule has 37 nitrogen and oxygen atoms in total. The number of hydrogen-bond donors (Lipinski definition) is 14. The van der Waals surface area contributed by atoms with Crippen LogP contribution in [0.4, 0.5) is 0 Å². The molecule has 488 valence electrons. The number of aliphatic hydroxyl groups excluding tert-OH is 14. The Balaban J connectivity index is 1.23. The first-order valence-corrected chi connectivity index (χ1v) is 26.5. The van der Waals surface area contributed by atoms with Crippen molar-refractivity contribution in [1.29, 1.82) is 0 Å². The van der Waals surface area contributed by atoms with Crippen molar-refractivity contribution in [2.24, 2.45) is 0 Å². The Morgan fingerprint density at radius 1 is 0.259 bits per heavy atom. The topological polar surface area (TPSA) is 543 Å². The van der Waals surface area contributed by atoms with Gasteiger partial charge in [0.1, 0.15) is 110 Å². The second-order valence-corrected chi connectivity index (χ2v) is 20.3. The largest absolute Gasteiger partial charge is 0.457 e. The zero-order valence-corrected chi connectivity index (χ0v) is 46.2. The first-order valence-electron chi connectivity index (χ1n) is 26.5. The Bertz CT molecular complexity index is 2210. The van der Waals surface area contributed by atoms with Gasteiger partial charge in [-0.3, -0.25) is 28.8 Å². The minimum atomic E-state index is -2.28. The lowest BCUT2D eigenvalue weighted by Gasteiger charge is -2.50. The second-order valence-electron chi connectivity index (χ2n) is 20.3. The van der Waals surface area contributed by atoms with Crippen molar-refractivity contribution in [3.63, 3.8) is 0 Å². The van der Waals surface area contributed by atoms with Crippen LogP contribution in [0.1, 0.15) is 41.5 Å². The van der Waals surface area contributed by atoms with Crippen LogP contribution in [-0.4, -0.2) is 331 Å². The summed E-state index contributed by atoms with van der Waals surface area (Å²) < 4.78 is 95.4. The van der Waals surface area contributed by atoms with Crippen LogP contribution in [-0.2, 0) is 109 Å². The molecule has 0 aromatic carbocycles. The molecule has 10 unspecified atom stereocenters. The highest BCUT2D eigenvalue weighted by molar-refractivity contribution is 5.68. The molecule has 0 aromatic heterocycles. The predicted octanol–water partition coefficient (Wildman–Crippen LogP) is -10.7. The summed E-state index contributed by atoms with van der Waals surface area (Å²) in [6.45, 7) is -0.794. The Kier molecular flexibility index (Phi) is 25.4. The number of carbonyl (C=O) groups excluding carboxylic acids is 6. The molecule has 0 saturated carbocycles. The number of rotatable bonds is 22. The van der Waals surface area contributed by atoms with Gasteiger partial charge >= 0.3 is 35.8 Å². The highest BCUT2D eigenvalue weighted by atomic mass is 16.8. The van der Waals surface area contributed by atoms with E-state index in [9.17, 15) is 100 Å². The van der Waals surface area contributed by atoms with Crippen LogP contribution in [0, 0.1) is 0 Å². The van der Waals surface area contributed by atoms with E-state index in [0.717, 1.165) is 41.5 Å². The van der Waals surface area contributed by atoms with Gasteiger partial charge < -0.3 is 152 Å². The van der Waals surface area contributed by atoms with Crippen molar-refractivity contribution in [3.8, 4) is 0 Å². The molecule has 0 radical (unpaired) electrons. The summed E-state index contributed by atoms with van der Waals surface area (Å²) in [6.07, 6.45) is -58.5. The lowest BCUT2D eigenvalue weighted by atomic mass is 9.94. The van der Waals surface area contributed by atoms with Crippen molar-refractivity contribution >= 4 is 35.8 Å². The molecule has 37 heteroatoms. The molecule has 0 spiro atoms. The maximum Gasteiger partial charge on any atom is 0.303 e. The van der Waals surface area contributed by atoms with E-state index in [-0.39, 0.29) is 0 Å². The molecule has 6 saturated heterocycles. The van der Waals surface area contributed by atoms with Crippen molar-refractivity contribution in [2.45, 2.75) is 226 Å². The van der Waals surface area contributed by atoms with Gasteiger partial charge in [-0.2, -0.15) is 0 Å². The van der Waals surface area contributed by atoms with Gasteiger partial charge in [-0.25, -0.2) is 0 Å². The molecule has 6 aliphatic heterocycles. The van der Waals surface area contributed by atoms with Crippen LogP contribution < -0.4 is 0 Å². The normalized spacial score (nSPS) is 44.0. The lowest BCUT2D eigenvalue weighted by Crippen LogP contribution is -2.69. The van der Waals surface area contributed by atoms with E-state index < -0.39 is 260 Å². The van der Waals surface area contributed by atoms with Gasteiger partial charge in [0.25, 0.3) is 0 Å². The Labute approximate surface area is 481 Å². The zero-order chi connectivity index (χ0) is 63.0. The fourth-order valence-electron chi connectivity index (χ4n) is 10.4. The summed E-state index contributed by atoms with van der Waals surface area (Å²) in [5.74, 6) is -6.40. The smallest absolute Gasteiger partial charge is 0.303 e. The molecule has 6 aliphatic rings. The average molecular weight is 1240 g/mol. The highest BCUT2D eigenvalue weighted by Gasteiger charge is 2.60. The SMILES string of the molecule is CC(=O)O[C@@H]1[C@H](O)[C@H](O[C@H]2C(CO)OC(O[C@H]3C(CO)O[C@@H](O)[C@@H](O)[C@H]3OC(C)=O)[C@@H](O)[C@H]2OC(C)=O)OC(CO)[C@@H]1OC1OC(CO)[C@H](O[C@@H]2OC(CO)[C@H](OC3OC(CO)C(O)[C@H](OC(C)=O)[C@@H]3O)[C@H](OC(C)=O)[C@@H]2O)[C@H](OC(C)=O)[C@@H]1O. The molecule has 85 heavy (non-hydrogen) atoms. The van der Waals surface area contributed by atoms with E-state index in [1.54, 1.807) is 0 Å². The minimum Gasteiger partial charge on any atom is -0.457 e. The van der Waals surface area contributed by atoms with E-state index in [1.165, 1.54) is 0 Å². The van der Waals surface area contributed by atoms with Gasteiger partial charge in [0.05, 0.1) is 39.6 Å². The standard InChI is InChI=1S/C48H74O37/c1-13(55)69-37-25(61)19(7-49)76-44(27(37)63)82-33-21(9-51)78-46(29(65)39(33)71-15(3)57)84-35-23(11-53)80-48(31(67)41(35)73-17(5)59)85-36-24(12-54)79-47(30(66)42(36)74-18(6)60)83-34-22(10-52)77-45(28(64)40(34)72-16(4)58)81-32-20(8-50)75-43(68)26(62)38(32)70-14(2)56/h19-54,61-68H,7-12H2,1-6H3/t19?,20?,21?,22?,23?,24?,25?,26-,27-,28-,29-,30-,31-,32-,33-,34-,35-,36-,37-,38+,39+,40+,41+,42+,43+,44?,45?,46-,47-,48?/m0/s1. The Morgan fingerprint density at radius 2 is 0.447 bits per heavy atom. The monoisotopic (exact) mass is 1240 g/mol. The van der Waals surface area contributed by atoms with Gasteiger partial charge in [0.15, 0.2) is 74.4 Å². The Hall–Kier alpha value is -4.18. The van der Waals surface area contributed by atoms with Gasteiger partial charge in [-0.15, -0.1) is 0 Å². The van der Waals surface area contributed by atoms with E-state index >= 15 is 0 Å². The summed E-state index contributed by atoms with van der Waals surface area (Å²) in [5, 5.41) is 152. The summed E-state index contributed by atoms with van der Waals surface area (Å²) >= 11 is 0. The van der Waals surface area contributed by atoms with Crippen LogP contribution in [0.25, 0.3) is 0 Å². The summed E-state index contributed by atoms with van der Waals surface area (Å²) in [7, 11) is 0. The fourth-order valence-corrected chi connectivity index (χ4v) is 10.4. The number of ether oxygens (including phenoxy) is 17. The Morgan fingerprint density at radius 3 is 0.671 bits per heavy atom. The van der Waals surface area contributed by atoms with Crippen LogP contribution in [0.15, 0.2) is 0 Å². The van der Waals surface area contributed by atoms with Crippen LogP contribution in [0.2, 0.25) is 0 Å². The molecule has 6 heterocycles. The van der Waals surface area contributed by atoms with E-state index in [2.05, 4.69) is 0 Å². The number of hydrogen-bond acceptors (Lipinski definition) is 37. The first kappa shape index (κ1) is 69.9. The van der Waals surface area contributed by atoms with E-state index in [4.69, 9.17) is 80.5 Å². The van der Waals surface area contributed by atoms with Gasteiger partial charge in [0, 0.05) is 41.5 Å². The summed E-state index contributed by atoms with van der Waals surface area (Å²) in [5.41, 5.74) is 0. The van der Waals surface area contributed by atoms with Gasteiger partial charge in [-0.1, -0.05) is 0 Å². The van der Waals surface area contributed by atoms with E-state index in [0.29, 0.717) is 0 Å². The molecular formula is C48H74O37. The van der Waals surface area contributed by atoms with Crippen LogP contribution in [0.3, 0.4) is 0 Å². The van der Waals surface area contributed by atoms with Gasteiger partial charge in [0.2, 0.25) is 0 Å². The molecule has 0 bridgehead atoms. The number of aliphatic hydroxyl groups is 14. The molecule has 14 N–H and O–H groups in total. The third kappa shape index (κ3) is 16.4. The van der Waals surface area contributed by atoms with Crippen LogP contribution >= 0.6 is 0 Å². The third-order valence-corrected chi connectivity index (χ3v) is 14.1. The van der Waals surface area contributed by atoms with Crippen molar-refractivity contribution in [1.82, 2.24) is 0 Å². The predicted molar refractivity (Wildman–Crippen MR) is 256 cm³/mol. The maximum atomic E-state index is 12.7. The second kappa shape index (κ2) is 30.8. The number of carbonyl (C=O) groups is 6. The van der Waals surface area contributed by atoms with Crippen LogP contribution in [0.5, 0.6) is 0 Å². The molecule has 6 rings (SSSR count). The molecular weight excluding hydrogens is 1170 g/mol. The number of esters is 6. The molecule has 0 amide bonds. The lowest BCUT2D eigenvalue weighted by molar-refractivity contribution is -0.396. The fraction of sp³-hybridized carbons (Fsp3) is 0.875. The highest BCUT2D eigenvalue weighted by Crippen LogP contribution is 2.39. The minimum absolute atomic E-state index is 0.874. The summed E-state index contributed by atoms with van der Waals surface area (Å²) in [6, 6.07) is 0. The first-order chi connectivity index (χ1) is 40.1. The molecule has 0 aromatic rings. The van der Waals surface area contributed by atoms with Crippen molar-refractivity contribution in [2.75, 3.05) is 39.6 Å². The average Bonchev–Trinajstić information content (AvgIpc) is 1.51. The molecule has 30 atom stereocenters. The molecule has 0 aliphatic carbocycles. The zero-order valence-electron chi connectivity index (χ0n) is 46.2. The third-order valence-electron chi connectivity index (χ3n) is 14.1. The maximum absolute atomic E-state index is 12.7. The van der Waals surface area contributed by atoms with E-state index in [1.807, 2.05) is 0 Å². The summed E-state index contributed by atoms with van der Waals surface area (Å²) in [4.78, 5) is 74.3.